The maximum absolute atomic E-state index is 3.91. The van der Waals surface area contributed by atoms with Crippen LogP contribution in [0.15, 0.2) is 12.4 Å². The van der Waals surface area contributed by atoms with Gasteiger partial charge in [0.2, 0.25) is 0 Å². The second kappa shape index (κ2) is 4.88. The first kappa shape index (κ1) is 11.6. The van der Waals surface area contributed by atoms with E-state index < -0.39 is 0 Å². The van der Waals surface area contributed by atoms with Gasteiger partial charge in [-0.1, -0.05) is 6.92 Å². The molecule has 1 aliphatic heterocycles. The SMILES string of the molecule is CCC[NH+]1c2cnncc2NC1C.[I-]. The third kappa shape index (κ3) is 1.98. The fourth-order valence-electron chi connectivity index (χ4n) is 1.87. The van der Waals surface area contributed by atoms with Crippen LogP contribution in [0.4, 0.5) is 11.4 Å². The summed E-state index contributed by atoms with van der Waals surface area (Å²) in [4.78, 5) is 1.47. The molecule has 2 unspecified atom stereocenters. The van der Waals surface area contributed by atoms with E-state index in [4.69, 9.17) is 0 Å². The lowest BCUT2D eigenvalue weighted by Crippen LogP contribution is -3.10. The third-order valence-corrected chi connectivity index (χ3v) is 2.49. The highest BCUT2D eigenvalue weighted by molar-refractivity contribution is 5.60. The number of halogens is 1. The average Bonchev–Trinajstić information content (AvgIpc) is 2.44. The maximum atomic E-state index is 3.91. The maximum Gasteiger partial charge on any atom is 0.178 e. The molecule has 0 spiro atoms. The Morgan fingerprint density at radius 3 is 2.86 bits per heavy atom. The summed E-state index contributed by atoms with van der Waals surface area (Å²) in [5.74, 6) is 0. The van der Waals surface area contributed by atoms with Gasteiger partial charge in [0.15, 0.2) is 11.9 Å². The van der Waals surface area contributed by atoms with Crippen molar-refractivity contribution in [3.63, 3.8) is 0 Å². The van der Waals surface area contributed by atoms with Gasteiger partial charge in [0.05, 0.1) is 12.7 Å². The Morgan fingerprint density at radius 2 is 2.14 bits per heavy atom. The van der Waals surface area contributed by atoms with E-state index in [1.54, 1.807) is 6.20 Å². The van der Waals surface area contributed by atoms with Crippen molar-refractivity contribution < 1.29 is 28.9 Å². The molecule has 0 bridgehead atoms. The van der Waals surface area contributed by atoms with Gasteiger partial charge in [0.25, 0.3) is 0 Å². The molecule has 0 aromatic carbocycles. The molecule has 1 aromatic heterocycles. The lowest BCUT2D eigenvalue weighted by molar-refractivity contribution is -0.848. The fourth-order valence-corrected chi connectivity index (χ4v) is 1.87. The molecule has 4 nitrogen and oxygen atoms in total. The third-order valence-electron chi connectivity index (χ3n) is 2.49. The van der Waals surface area contributed by atoms with E-state index >= 15 is 0 Å². The minimum Gasteiger partial charge on any atom is -1.00 e. The molecule has 0 saturated carbocycles. The number of nitrogens with zero attached hydrogens (tertiary/aromatic N) is 2. The van der Waals surface area contributed by atoms with Crippen molar-refractivity contribution in [3.8, 4) is 0 Å². The first-order chi connectivity index (χ1) is 6.33. The standard InChI is InChI=1S/C9H14N4.HI/c1-3-4-13-7(2)12-8-5-10-11-6-9(8)13;/h5-7,12H,3-4H2,1-2H3;1H. The Morgan fingerprint density at radius 1 is 1.43 bits per heavy atom. The van der Waals surface area contributed by atoms with E-state index in [1.807, 2.05) is 6.20 Å². The van der Waals surface area contributed by atoms with Crippen molar-refractivity contribution in [3.05, 3.63) is 12.4 Å². The molecular formula is C9H15IN4. The smallest absolute Gasteiger partial charge is 0.178 e. The summed E-state index contributed by atoms with van der Waals surface area (Å²) in [5.41, 5.74) is 2.38. The molecule has 2 atom stereocenters. The molecule has 0 radical (unpaired) electrons. The van der Waals surface area contributed by atoms with Gasteiger partial charge in [0, 0.05) is 6.92 Å². The number of hydrogen-bond acceptors (Lipinski definition) is 3. The summed E-state index contributed by atoms with van der Waals surface area (Å²) >= 11 is 0. The van der Waals surface area contributed by atoms with Crippen LogP contribution in [-0.2, 0) is 0 Å². The minimum absolute atomic E-state index is 0. The van der Waals surface area contributed by atoms with Crippen LogP contribution in [0.3, 0.4) is 0 Å². The molecule has 0 fully saturated rings. The van der Waals surface area contributed by atoms with Crippen LogP contribution in [0.2, 0.25) is 0 Å². The highest BCUT2D eigenvalue weighted by Crippen LogP contribution is 2.19. The predicted octanol–water partition coefficient (Wildman–Crippen LogP) is -2.82. The van der Waals surface area contributed by atoms with E-state index in [9.17, 15) is 0 Å². The van der Waals surface area contributed by atoms with Gasteiger partial charge in [-0.3, -0.25) is 4.90 Å². The van der Waals surface area contributed by atoms with Gasteiger partial charge >= 0.3 is 0 Å². The number of quaternary nitrogens is 1. The monoisotopic (exact) mass is 306 g/mol. The first-order valence-electron chi connectivity index (χ1n) is 4.76. The van der Waals surface area contributed by atoms with Gasteiger partial charge in [-0.2, -0.15) is 10.2 Å². The number of anilines is 1. The van der Waals surface area contributed by atoms with Crippen LogP contribution in [0.5, 0.6) is 0 Å². The van der Waals surface area contributed by atoms with E-state index in [2.05, 4.69) is 29.4 Å². The summed E-state index contributed by atoms with van der Waals surface area (Å²) in [6, 6.07) is 0. The molecule has 2 N–H and O–H groups in total. The van der Waals surface area contributed by atoms with Crippen LogP contribution in [0.1, 0.15) is 20.3 Å². The number of aromatic nitrogens is 2. The Kier molecular flexibility index (Phi) is 4.06. The summed E-state index contributed by atoms with van der Waals surface area (Å²) in [6.45, 7) is 5.53. The van der Waals surface area contributed by atoms with Crippen molar-refractivity contribution in [2.75, 3.05) is 11.9 Å². The zero-order valence-electron chi connectivity index (χ0n) is 8.42. The second-order valence-corrected chi connectivity index (χ2v) is 3.46. The quantitative estimate of drug-likeness (QED) is 0.579. The van der Waals surface area contributed by atoms with Crippen LogP contribution in [0, 0.1) is 0 Å². The Bertz CT molecular complexity index is 305. The summed E-state index contributed by atoms with van der Waals surface area (Å²) in [6.07, 6.45) is 5.29. The normalized spacial score (nSPS) is 23.6. The van der Waals surface area contributed by atoms with E-state index in [1.165, 1.54) is 17.0 Å². The number of nitrogens with one attached hydrogen (secondary N) is 2. The Labute approximate surface area is 101 Å². The van der Waals surface area contributed by atoms with Crippen molar-refractivity contribution in [1.29, 1.82) is 0 Å². The van der Waals surface area contributed by atoms with Crippen LogP contribution >= 0.6 is 0 Å². The molecule has 0 amide bonds. The second-order valence-electron chi connectivity index (χ2n) is 3.46. The van der Waals surface area contributed by atoms with E-state index in [0.29, 0.717) is 6.17 Å². The number of rotatable bonds is 2. The molecule has 2 rings (SSSR count). The molecular weight excluding hydrogens is 291 g/mol. The summed E-state index contributed by atoms with van der Waals surface area (Å²) in [5, 5.41) is 11.2. The average molecular weight is 306 g/mol. The minimum atomic E-state index is 0. The molecule has 78 valence electrons. The Balaban J connectivity index is 0.000000980. The van der Waals surface area contributed by atoms with Crippen molar-refractivity contribution >= 4 is 11.4 Å². The number of hydrogen-bond donors (Lipinski definition) is 2. The van der Waals surface area contributed by atoms with Gasteiger partial charge in [-0.15, -0.1) is 0 Å². The number of fused-ring (bicyclic) bond motifs is 1. The van der Waals surface area contributed by atoms with Crippen molar-refractivity contribution in [2.45, 2.75) is 26.4 Å². The molecule has 1 aromatic rings. The largest absolute Gasteiger partial charge is 1.00 e. The zero-order valence-corrected chi connectivity index (χ0v) is 10.6. The lowest BCUT2D eigenvalue weighted by atomic mass is 10.3. The van der Waals surface area contributed by atoms with Gasteiger partial charge in [0.1, 0.15) is 11.9 Å². The van der Waals surface area contributed by atoms with Crippen LogP contribution < -0.4 is 34.2 Å². The molecule has 0 aliphatic carbocycles. The van der Waals surface area contributed by atoms with Gasteiger partial charge in [-0.25, -0.2) is 0 Å². The fraction of sp³-hybridized carbons (Fsp3) is 0.556. The molecule has 14 heavy (non-hydrogen) atoms. The van der Waals surface area contributed by atoms with E-state index in [0.717, 1.165) is 12.2 Å². The molecule has 0 saturated heterocycles. The van der Waals surface area contributed by atoms with E-state index in [-0.39, 0.29) is 24.0 Å². The molecule has 5 heteroatoms. The van der Waals surface area contributed by atoms with Crippen LogP contribution in [-0.4, -0.2) is 22.9 Å². The Hall–Kier alpha value is -0.430. The molecule has 2 heterocycles. The van der Waals surface area contributed by atoms with Gasteiger partial charge < -0.3 is 29.3 Å². The van der Waals surface area contributed by atoms with Crippen molar-refractivity contribution in [1.82, 2.24) is 10.2 Å². The lowest BCUT2D eigenvalue weighted by Gasteiger charge is -2.16. The zero-order chi connectivity index (χ0) is 9.26. The summed E-state index contributed by atoms with van der Waals surface area (Å²) < 4.78 is 0. The summed E-state index contributed by atoms with van der Waals surface area (Å²) in [7, 11) is 0. The first-order valence-corrected chi connectivity index (χ1v) is 4.76. The van der Waals surface area contributed by atoms with Crippen molar-refractivity contribution in [2.24, 2.45) is 0 Å². The predicted molar refractivity (Wildman–Crippen MR) is 50.9 cm³/mol. The molecule has 1 aliphatic rings. The highest BCUT2D eigenvalue weighted by Gasteiger charge is 2.30. The topological polar surface area (TPSA) is 42.2 Å². The highest BCUT2D eigenvalue weighted by atomic mass is 127. The van der Waals surface area contributed by atoms with Gasteiger partial charge in [-0.05, 0) is 6.42 Å². The van der Waals surface area contributed by atoms with Crippen LogP contribution in [0.25, 0.3) is 0 Å².